The first-order chi connectivity index (χ1) is 14.2. The van der Waals surface area contributed by atoms with Crippen LogP contribution < -0.4 is 14.8 Å². The molecule has 150 valence electrons. The molecule has 1 N–H and O–H groups in total. The van der Waals surface area contributed by atoms with Crippen molar-refractivity contribution in [3.8, 4) is 11.5 Å². The molecule has 3 heterocycles. The maximum Gasteiger partial charge on any atom is 0.251 e. The highest BCUT2D eigenvalue weighted by atomic mass is 16.5. The molecule has 0 bridgehead atoms. The molecule has 1 amide bonds. The van der Waals surface area contributed by atoms with Gasteiger partial charge in [0, 0.05) is 43.4 Å². The number of nitrogens with one attached hydrogen (secondary N) is 1. The molecule has 3 aliphatic rings. The minimum atomic E-state index is 0.0220. The van der Waals surface area contributed by atoms with Crippen molar-refractivity contribution in [3.05, 3.63) is 52.6 Å². The molecule has 3 aliphatic heterocycles. The van der Waals surface area contributed by atoms with Crippen molar-refractivity contribution in [1.29, 1.82) is 0 Å². The first kappa shape index (κ1) is 18.2. The van der Waals surface area contributed by atoms with E-state index in [1.54, 1.807) is 14.2 Å². The molecule has 1 unspecified atom stereocenters. The van der Waals surface area contributed by atoms with Gasteiger partial charge >= 0.3 is 0 Å². The Hall–Kier alpha value is -2.86. The van der Waals surface area contributed by atoms with Crippen LogP contribution in [0.4, 0.5) is 5.69 Å². The Balaban J connectivity index is 1.39. The Kier molecular flexibility index (Phi) is 4.51. The summed E-state index contributed by atoms with van der Waals surface area (Å²) in [5, 5.41) is 3.02. The summed E-state index contributed by atoms with van der Waals surface area (Å²) >= 11 is 0. The van der Waals surface area contributed by atoms with Crippen LogP contribution in [0.15, 0.2) is 35.3 Å². The Morgan fingerprint density at radius 3 is 2.76 bits per heavy atom. The van der Waals surface area contributed by atoms with Gasteiger partial charge in [0.05, 0.1) is 19.9 Å². The fourth-order valence-corrected chi connectivity index (χ4v) is 4.80. The second-order valence-corrected chi connectivity index (χ2v) is 7.88. The van der Waals surface area contributed by atoms with Gasteiger partial charge in [-0.05, 0) is 53.8 Å². The summed E-state index contributed by atoms with van der Waals surface area (Å²) in [5.74, 6) is 1.82. The van der Waals surface area contributed by atoms with E-state index in [0.717, 1.165) is 60.8 Å². The predicted molar refractivity (Wildman–Crippen MR) is 112 cm³/mol. The third kappa shape index (κ3) is 3.08. The van der Waals surface area contributed by atoms with Gasteiger partial charge in [-0.2, -0.15) is 0 Å². The van der Waals surface area contributed by atoms with Crippen molar-refractivity contribution >= 4 is 17.3 Å². The maximum absolute atomic E-state index is 12.4. The number of methoxy groups -OCH3 is 2. The second kappa shape index (κ2) is 7.19. The summed E-state index contributed by atoms with van der Waals surface area (Å²) in [6.07, 6.45) is 1.88. The molecule has 29 heavy (non-hydrogen) atoms. The number of hydrogen-bond acceptors (Lipinski definition) is 5. The minimum Gasteiger partial charge on any atom is -0.493 e. The van der Waals surface area contributed by atoms with E-state index in [9.17, 15) is 4.79 Å². The number of ether oxygens (including phenoxy) is 2. The largest absolute Gasteiger partial charge is 0.493 e. The van der Waals surface area contributed by atoms with Crippen LogP contribution in [0.25, 0.3) is 0 Å². The van der Waals surface area contributed by atoms with Crippen LogP contribution in [-0.2, 0) is 13.0 Å². The van der Waals surface area contributed by atoms with Crippen LogP contribution in [0.2, 0.25) is 0 Å². The van der Waals surface area contributed by atoms with E-state index >= 15 is 0 Å². The summed E-state index contributed by atoms with van der Waals surface area (Å²) < 4.78 is 10.9. The van der Waals surface area contributed by atoms with Crippen LogP contribution in [0.3, 0.4) is 0 Å². The van der Waals surface area contributed by atoms with Gasteiger partial charge in [-0.1, -0.05) is 6.07 Å². The molecule has 2 aromatic rings. The summed E-state index contributed by atoms with van der Waals surface area (Å²) in [6, 6.07) is 10.1. The molecule has 0 saturated heterocycles. The second-order valence-electron chi connectivity index (χ2n) is 7.88. The smallest absolute Gasteiger partial charge is 0.251 e. The van der Waals surface area contributed by atoms with Crippen molar-refractivity contribution < 1.29 is 14.3 Å². The minimum absolute atomic E-state index is 0.0220. The van der Waals surface area contributed by atoms with Gasteiger partial charge in [0.25, 0.3) is 5.91 Å². The van der Waals surface area contributed by atoms with E-state index in [1.807, 2.05) is 18.2 Å². The molecule has 0 spiro atoms. The third-order valence-corrected chi connectivity index (χ3v) is 6.24. The molecule has 0 radical (unpaired) electrons. The molecular weight excluding hydrogens is 366 g/mol. The van der Waals surface area contributed by atoms with Crippen molar-refractivity contribution in [2.45, 2.75) is 25.3 Å². The Labute approximate surface area is 170 Å². The van der Waals surface area contributed by atoms with Crippen molar-refractivity contribution in [1.82, 2.24) is 10.2 Å². The zero-order chi connectivity index (χ0) is 20.0. The molecular formula is C23H25N3O3. The quantitative estimate of drug-likeness (QED) is 0.870. The van der Waals surface area contributed by atoms with Gasteiger partial charge < -0.3 is 14.8 Å². The first-order valence-electron chi connectivity index (χ1n) is 10.1. The van der Waals surface area contributed by atoms with Crippen LogP contribution in [-0.4, -0.2) is 50.4 Å². The number of aliphatic imine (C=N–C) groups is 1. The number of rotatable bonds is 4. The van der Waals surface area contributed by atoms with Gasteiger partial charge in [0.2, 0.25) is 0 Å². The molecule has 0 saturated carbocycles. The number of fused-ring (bicyclic) bond motifs is 1. The molecule has 0 aliphatic carbocycles. The molecule has 6 heteroatoms. The zero-order valence-electron chi connectivity index (χ0n) is 16.8. The molecule has 5 rings (SSSR count). The Morgan fingerprint density at radius 1 is 1.17 bits per heavy atom. The highest BCUT2D eigenvalue weighted by Crippen LogP contribution is 2.41. The predicted octanol–water partition coefficient (Wildman–Crippen LogP) is 3.07. The SMILES string of the molecule is COc1cc2c(cc1OC)CN(CC1=Nc3cccc4c3C1CCNC4=O)CC2. The van der Waals surface area contributed by atoms with E-state index in [-0.39, 0.29) is 11.8 Å². The van der Waals surface area contributed by atoms with E-state index < -0.39 is 0 Å². The van der Waals surface area contributed by atoms with Gasteiger partial charge in [0.1, 0.15) is 0 Å². The van der Waals surface area contributed by atoms with Crippen LogP contribution in [0.5, 0.6) is 11.5 Å². The number of nitrogens with zero attached hydrogens (tertiary/aromatic N) is 2. The average Bonchev–Trinajstić information content (AvgIpc) is 2.99. The van der Waals surface area contributed by atoms with E-state index in [1.165, 1.54) is 16.8 Å². The highest BCUT2D eigenvalue weighted by Gasteiger charge is 2.34. The standard InChI is InChI=1S/C23H25N3O3/c1-28-20-10-14-7-9-26(12-15(14)11-21(20)29-2)13-19-16-6-8-24-23(27)17-4-3-5-18(25-19)22(16)17/h3-5,10-11,16H,6-9,12-13H2,1-2H3,(H,24,27). The molecule has 6 nitrogen and oxygen atoms in total. The Bertz CT molecular complexity index is 1010. The van der Waals surface area contributed by atoms with Crippen molar-refractivity contribution in [2.24, 2.45) is 4.99 Å². The number of benzene rings is 2. The number of amides is 1. The van der Waals surface area contributed by atoms with Crippen molar-refractivity contribution in [2.75, 3.05) is 33.9 Å². The number of carbonyl (C=O) groups is 1. The summed E-state index contributed by atoms with van der Waals surface area (Å²) in [5.41, 5.74) is 6.63. The molecule has 2 aromatic carbocycles. The Morgan fingerprint density at radius 2 is 1.97 bits per heavy atom. The lowest BCUT2D eigenvalue weighted by Crippen LogP contribution is -2.36. The number of carbonyl (C=O) groups excluding carboxylic acids is 1. The van der Waals surface area contributed by atoms with Crippen LogP contribution in [0.1, 0.15) is 39.4 Å². The fourth-order valence-electron chi connectivity index (χ4n) is 4.80. The number of hydrogen-bond donors (Lipinski definition) is 1. The summed E-state index contributed by atoms with van der Waals surface area (Å²) in [4.78, 5) is 19.8. The molecule has 1 atom stereocenters. The summed E-state index contributed by atoms with van der Waals surface area (Å²) in [6.45, 7) is 3.35. The third-order valence-electron chi connectivity index (χ3n) is 6.24. The van der Waals surface area contributed by atoms with Gasteiger partial charge in [-0.25, -0.2) is 0 Å². The molecule has 0 fully saturated rings. The van der Waals surface area contributed by atoms with E-state index in [4.69, 9.17) is 14.5 Å². The summed E-state index contributed by atoms with van der Waals surface area (Å²) in [7, 11) is 3.35. The molecule has 0 aromatic heterocycles. The topological polar surface area (TPSA) is 63.2 Å². The van der Waals surface area contributed by atoms with E-state index in [2.05, 4.69) is 22.3 Å². The van der Waals surface area contributed by atoms with Crippen molar-refractivity contribution in [3.63, 3.8) is 0 Å². The highest BCUT2D eigenvalue weighted by molar-refractivity contribution is 6.06. The first-order valence-corrected chi connectivity index (χ1v) is 10.1. The normalized spacial score (nSPS) is 20.3. The van der Waals surface area contributed by atoms with Gasteiger partial charge in [-0.3, -0.25) is 14.7 Å². The van der Waals surface area contributed by atoms with Gasteiger partial charge in [-0.15, -0.1) is 0 Å². The average molecular weight is 391 g/mol. The monoisotopic (exact) mass is 391 g/mol. The van der Waals surface area contributed by atoms with Crippen LogP contribution >= 0.6 is 0 Å². The lowest BCUT2D eigenvalue weighted by atomic mass is 9.89. The lowest BCUT2D eigenvalue weighted by molar-refractivity contribution is 0.0956. The maximum atomic E-state index is 12.4. The lowest BCUT2D eigenvalue weighted by Gasteiger charge is -2.30. The van der Waals surface area contributed by atoms with E-state index in [0.29, 0.717) is 6.54 Å². The fraction of sp³-hybridized carbons (Fsp3) is 0.391. The van der Waals surface area contributed by atoms with Gasteiger partial charge in [0.15, 0.2) is 11.5 Å². The zero-order valence-corrected chi connectivity index (χ0v) is 16.8. The van der Waals surface area contributed by atoms with Crippen LogP contribution in [0, 0.1) is 0 Å².